The molecule has 108 valence electrons. The van der Waals surface area contributed by atoms with Crippen LogP contribution in [0.5, 0.6) is 0 Å². The largest absolute Gasteiger partial charge is 0.314 e. The Kier molecular flexibility index (Phi) is 5.79. The smallest absolute Gasteiger partial charge is 0.0964 e. The van der Waals surface area contributed by atoms with Crippen LogP contribution in [0.15, 0.2) is 6.20 Å². The van der Waals surface area contributed by atoms with E-state index in [1.54, 1.807) is 0 Å². The second-order valence-corrected chi connectivity index (χ2v) is 5.45. The van der Waals surface area contributed by atoms with Crippen LogP contribution in [0.3, 0.4) is 0 Å². The Bertz CT molecular complexity index is 362. The minimum atomic E-state index is 0.766. The van der Waals surface area contributed by atoms with Gasteiger partial charge in [-0.2, -0.15) is 0 Å². The highest BCUT2D eigenvalue weighted by Gasteiger charge is 2.18. The molecule has 1 aromatic heterocycles. The van der Waals surface area contributed by atoms with Gasteiger partial charge in [-0.25, -0.2) is 0 Å². The van der Waals surface area contributed by atoms with Crippen LogP contribution in [0.25, 0.3) is 0 Å². The lowest BCUT2D eigenvalue weighted by Gasteiger charge is -2.28. The first kappa shape index (κ1) is 14.5. The third-order valence-electron chi connectivity index (χ3n) is 4.03. The van der Waals surface area contributed by atoms with Gasteiger partial charge in [0.15, 0.2) is 0 Å². The van der Waals surface area contributed by atoms with Crippen LogP contribution in [-0.2, 0) is 13.1 Å². The van der Waals surface area contributed by atoms with Gasteiger partial charge in [-0.05, 0) is 32.9 Å². The van der Waals surface area contributed by atoms with Gasteiger partial charge < -0.3 is 5.32 Å². The van der Waals surface area contributed by atoms with Crippen LogP contribution in [0.4, 0.5) is 0 Å². The van der Waals surface area contributed by atoms with E-state index in [-0.39, 0.29) is 0 Å². The highest BCUT2D eigenvalue weighted by Crippen LogP contribution is 2.18. The molecule has 2 rings (SSSR count). The molecule has 1 aliphatic heterocycles. The molecule has 1 saturated heterocycles. The molecule has 19 heavy (non-hydrogen) atoms. The molecule has 1 fully saturated rings. The van der Waals surface area contributed by atoms with E-state index in [4.69, 9.17) is 0 Å². The van der Waals surface area contributed by atoms with Gasteiger partial charge in [0.25, 0.3) is 0 Å². The first-order valence-corrected chi connectivity index (χ1v) is 7.61. The van der Waals surface area contributed by atoms with E-state index >= 15 is 0 Å². The predicted molar refractivity (Wildman–Crippen MR) is 76.9 cm³/mol. The van der Waals surface area contributed by atoms with Crippen molar-refractivity contribution >= 4 is 0 Å². The van der Waals surface area contributed by atoms with Gasteiger partial charge in [-0.3, -0.25) is 9.58 Å². The van der Waals surface area contributed by atoms with Gasteiger partial charge in [0.1, 0.15) is 0 Å². The van der Waals surface area contributed by atoms with Crippen LogP contribution in [-0.4, -0.2) is 46.1 Å². The van der Waals surface area contributed by atoms with E-state index in [2.05, 4.69) is 33.6 Å². The van der Waals surface area contributed by atoms with Gasteiger partial charge in [0, 0.05) is 25.3 Å². The van der Waals surface area contributed by atoms with Crippen molar-refractivity contribution in [3.63, 3.8) is 0 Å². The lowest BCUT2D eigenvalue weighted by atomic mass is 10.1. The Morgan fingerprint density at radius 3 is 3.00 bits per heavy atom. The van der Waals surface area contributed by atoms with E-state index in [9.17, 15) is 0 Å². The van der Waals surface area contributed by atoms with Crippen molar-refractivity contribution in [1.29, 1.82) is 0 Å². The molecule has 1 aromatic rings. The zero-order valence-electron chi connectivity index (χ0n) is 12.3. The second-order valence-electron chi connectivity index (χ2n) is 5.45. The first-order chi connectivity index (χ1) is 9.33. The zero-order chi connectivity index (χ0) is 13.5. The summed E-state index contributed by atoms with van der Waals surface area (Å²) < 4.78 is 1.98. The maximum absolute atomic E-state index is 4.19. The molecule has 0 aliphatic carbocycles. The Morgan fingerprint density at radius 1 is 1.32 bits per heavy atom. The summed E-state index contributed by atoms with van der Waals surface area (Å²) in [6.45, 7) is 6.40. The molecule has 0 saturated carbocycles. The van der Waals surface area contributed by atoms with Crippen LogP contribution >= 0.6 is 0 Å². The quantitative estimate of drug-likeness (QED) is 0.849. The summed E-state index contributed by atoms with van der Waals surface area (Å²) in [6, 6.07) is 0.766. The third kappa shape index (κ3) is 4.28. The summed E-state index contributed by atoms with van der Waals surface area (Å²) in [7, 11) is 1.93. The number of likely N-dealkylation sites (tertiary alicyclic amines) is 1. The monoisotopic (exact) mass is 265 g/mol. The summed E-state index contributed by atoms with van der Waals surface area (Å²) in [5.41, 5.74) is 1.02. The van der Waals surface area contributed by atoms with E-state index in [0.29, 0.717) is 0 Å². The van der Waals surface area contributed by atoms with E-state index in [0.717, 1.165) is 31.4 Å². The molecule has 2 heterocycles. The molecule has 1 atom stereocenters. The maximum atomic E-state index is 4.19. The predicted octanol–water partition coefficient (Wildman–Crippen LogP) is 1.65. The number of hydrogen-bond donors (Lipinski definition) is 1. The van der Waals surface area contributed by atoms with Crippen LogP contribution in [0.1, 0.15) is 44.7 Å². The van der Waals surface area contributed by atoms with Crippen LogP contribution < -0.4 is 5.32 Å². The lowest BCUT2D eigenvalue weighted by molar-refractivity contribution is 0.184. The standard InChI is InChI=1S/C14H27N5/c1-3-14-7-5-4-6-8-18(14)9-10-19-12-13(11-15-2)16-17-19/h12,14-15H,3-11H2,1-2H3. The number of aromatic nitrogens is 3. The fraction of sp³-hybridized carbons (Fsp3) is 0.857. The molecule has 1 unspecified atom stereocenters. The summed E-state index contributed by atoms with van der Waals surface area (Å²) in [6.07, 6.45) is 8.81. The highest BCUT2D eigenvalue weighted by atomic mass is 15.4. The second kappa shape index (κ2) is 7.60. The number of rotatable bonds is 6. The van der Waals surface area contributed by atoms with E-state index in [1.165, 1.54) is 38.6 Å². The van der Waals surface area contributed by atoms with Gasteiger partial charge in [0.05, 0.1) is 12.2 Å². The molecule has 1 aliphatic rings. The average Bonchev–Trinajstić information content (AvgIpc) is 2.74. The van der Waals surface area contributed by atoms with E-state index < -0.39 is 0 Å². The Labute approximate surface area is 116 Å². The van der Waals surface area contributed by atoms with Crippen molar-refractivity contribution in [1.82, 2.24) is 25.2 Å². The van der Waals surface area contributed by atoms with Crippen molar-refractivity contribution in [2.24, 2.45) is 0 Å². The summed E-state index contributed by atoms with van der Waals surface area (Å²) in [4.78, 5) is 2.65. The molecular weight excluding hydrogens is 238 g/mol. The molecule has 5 heteroatoms. The lowest BCUT2D eigenvalue weighted by Crippen LogP contribution is -2.36. The van der Waals surface area contributed by atoms with Crippen molar-refractivity contribution < 1.29 is 0 Å². The summed E-state index contributed by atoms with van der Waals surface area (Å²) in [5, 5.41) is 11.5. The SMILES string of the molecule is CCC1CCCCCN1CCn1cc(CNC)nn1. The van der Waals surface area contributed by atoms with Crippen molar-refractivity contribution in [2.75, 3.05) is 20.1 Å². The maximum Gasteiger partial charge on any atom is 0.0964 e. The molecule has 1 N–H and O–H groups in total. The van der Waals surface area contributed by atoms with Gasteiger partial charge >= 0.3 is 0 Å². The number of hydrogen-bond acceptors (Lipinski definition) is 4. The third-order valence-corrected chi connectivity index (χ3v) is 4.03. The molecule has 0 aromatic carbocycles. The van der Waals surface area contributed by atoms with E-state index in [1.807, 2.05) is 11.7 Å². The molecule has 0 radical (unpaired) electrons. The zero-order valence-corrected chi connectivity index (χ0v) is 12.3. The average molecular weight is 265 g/mol. The fourth-order valence-corrected chi connectivity index (χ4v) is 2.93. The van der Waals surface area contributed by atoms with Gasteiger partial charge in [-0.1, -0.05) is 25.0 Å². The minimum absolute atomic E-state index is 0.766. The molecule has 0 spiro atoms. The number of nitrogens with one attached hydrogen (secondary N) is 1. The van der Waals surface area contributed by atoms with Gasteiger partial charge in [-0.15, -0.1) is 5.10 Å². The van der Waals surface area contributed by atoms with Crippen LogP contribution in [0, 0.1) is 0 Å². The minimum Gasteiger partial charge on any atom is -0.314 e. The summed E-state index contributed by atoms with van der Waals surface area (Å²) >= 11 is 0. The molecule has 0 amide bonds. The Morgan fingerprint density at radius 2 is 2.21 bits per heavy atom. The highest BCUT2D eigenvalue weighted by molar-refractivity contribution is 4.91. The molecular formula is C14H27N5. The van der Waals surface area contributed by atoms with Crippen molar-refractivity contribution in [3.05, 3.63) is 11.9 Å². The number of nitrogens with zero attached hydrogens (tertiary/aromatic N) is 4. The first-order valence-electron chi connectivity index (χ1n) is 7.61. The normalized spacial score (nSPS) is 21.5. The van der Waals surface area contributed by atoms with Crippen LogP contribution in [0.2, 0.25) is 0 Å². The molecule has 5 nitrogen and oxygen atoms in total. The Hall–Kier alpha value is -0.940. The molecule has 0 bridgehead atoms. The summed E-state index contributed by atoms with van der Waals surface area (Å²) in [5.74, 6) is 0. The van der Waals surface area contributed by atoms with Crippen molar-refractivity contribution in [3.8, 4) is 0 Å². The van der Waals surface area contributed by atoms with Gasteiger partial charge in [0.2, 0.25) is 0 Å². The Balaban J connectivity index is 1.84. The fourth-order valence-electron chi connectivity index (χ4n) is 2.93. The van der Waals surface area contributed by atoms with Crippen molar-refractivity contribution in [2.45, 2.75) is 58.2 Å². The topological polar surface area (TPSA) is 46.0 Å².